The SMILES string of the molecule is CC(C)(C)OC(=O)N1Cc2c(-c3cnc4cnccn34)ccc(Nc3ccc(N4CCC(F)(F)[C@](O)(F)C4)cn3)c2C1=O. The average Bonchev–Trinajstić information content (AvgIpc) is 3.52. The van der Waals surface area contributed by atoms with Crippen LogP contribution in [0.2, 0.25) is 0 Å². The summed E-state index contributed by atoms with van der Waals surface area (Å²) in [6.07, 6.45) is 6.36. The highest BCUT2D eigenvalue weighted by Gasteiger charge is 2.57. The Hall–Kier alpha value is -4.72. The third-order valence-corrected chi connectivity index (χ3v) is 7.33. The van der Waals surface area contributed by atoms with Gasteiger partial charge in [-0.25, -0.2) is 32.8 Å². The van der Waals surface area contributed by atoms with Crippen molar-refractivity contribution in [2.45, 2.75) is 51.1 Å². The molecule has 2 N–H and O–H groups in total. The number of hydrogen-bond donors (Lipinski definition) is 2. The number of nitrogens with one attached hydrogen (secondary N) is 1. The van der Waals surface area contributed by atoms with E-state index in [1.54, 1.807) is 69.8 Å². The third kappa shape index (κ3) is 5.11. The van der Waals surface area contributed by atoms with Crippen molar-refractivity contribution in [3.05, 3.63) is 66.4 Å². The normalized spacial score (nSPS) is 19.9. The van der Waals surface area contributed by atoms with Crippen molar-refractivity contribution in [2.75, 3.05) is 23.3 Å². The molecule has 0 bridgehead atoms. The zero-order valence-corrected chi connectivity index (χ0v) is 23.5. The molecule has 4 aromatic rings. The fourth-order valence-electron chi connectivity index (χ4n) is 5.19. The summed E-state index contributed by atoms with van der Waals surface area (Å²) < 4.78 is 48.9. The molecule has 1 fully saturated rings. The molecule has 11 nitrogen and oxygen atoms in total. The smallest absolute Gasteiger partial charge is 0.417 e. The van der Waals surface area contributed by atoms with Crippen molar-refractivity contribution < 1.29 is 32.6 Å². The van der Waals surface area contributed by atoms with Crippen molar-refractivity contribution in [1.82, 2.24) is 24.3 Å². The Bertz CT molecular complexity index is 1730. The number of amides is 2. The molecule has 43 heavy (non-hydrogen) atoms. The summed E-state index contributed by atoms with van der Waals surface area (Å²) in [5.41, 5.74) is 2.71. The van der Waals surface area contributed by atoms with Crippen LogP contribution in [0.4, 0.5) is 35.2 Å². The van der Waals surface area contributed by atoms with E-state index in [-0.39, 0.29) is 18.7 Å². The van der Waals surface area contributed by atoms with E-state index in [4.69, 9.17) is 4.74 Å². The zero-order valence-electron chi connectivity index (χ0n) is 23.5. The van der Waals surface area contributed by atoms with Gasteiger partial charge in [-0.15, -0.1) is 0 Å². The number of benzene rings is 1. The maximum Gasteiger partial charge on any atom is 0.417 e. The number of aliphatic hydroxyl groups is 1. The van der Waals surface area contributed by atoms with E-state index in [9.17, 15) is 27.9 Å². The number of anilines is 3. The number of ether oxygens (including phenoxy) is 1. The Balaban J connectivity index is 1.33. The number of nitrogens with zero attached hydrogens (tertiary/aromatic N) is 6. The fraction of sp³-hybridized carbons (Fsp3) is 0.345. The number of halogens is 3. The molecule has 1 saturated heterocycles. The number of pyridine rings is 1. The van der Waals surface area contributed by atoms with Gasteiger partial charge in [0.25, 0.3) is 11.8 Å². The summed E-state index contributed by atoms with van der Waals surface area (Å²) >= 11 is 0. The van der Waals surface area contributed by atoms with Crippen LogP contribution in [0.5, 0.6) is 0 Å². The topological polar surface area (TPSA) is 125 Å². The van der Waals surface area contributed by atoms with Gasteiger partial charge in [0.1, 0.15) is 11.4 Å². The first-order valence-electron chi connectivity index (χ1n) is 13.5. The maximum atomic E-state index is 14.2. The lowest BCUT2D eigenvalue weighted by Gasteiger charge is -2.40. The fourth-order valence-corrected chi connectivity index (χ4v) is 5.19. The minimum Gasteiger partial charge on any atom is -0.443 e. The van der Waals surface area contributed by atoms with Gasteiger partial charge in [0.05, 0.1) is 54.3 Å². The highest BCUT2D eigenvalue weighted by Crippen LogP contribution is 2.41. The van der Waals surface area contributed by atoms with E-state index in [0.29, 0.717) is 39.7 Å². The molecule has 0 radical (unpaired) electrons. The summed E-state index contributed by atoms with van der Waals surface area (Å²) in [5, 5.41) is 12.7. The van der Waals surface area contributed by atoms with Crippen molar-refractivity contribution in [1.29, 1.82) is 0 Å². The van der Waals surface area contributed by atoms with Crippen LogP contribution in [0.1, 0.15) is 43.1 Å². The molecule has 0 spiro atoms. The summed E-state index contributed by atoms with van der Waals surface area (Å²) in [5.74, 6) is -7.76. The van der Waals surface area contributed by atoms with Gasteiger partial charge in [-0.3, -0.25) is 14.2 Å². The minimum absolute atomic E-state index is 0.0374. The van der Waals surface area contributed by atoms with E-state index < -0.39 is 42.3 Å². The highest BCUT2D eigenvalue weighted by atomic mass is 19.3. The monoisotopic (exact) mass is 595 g/mol. The van der Waals surface area contributed by atoms with Crippen LogP contribution in [-0.4, -0.2) is 71.8 Å². The molecular formula is C29H28F3N7O4. The van der Waals surface area contributed by atoms with Gasteiger partial charge >= 0.3 is 12.0 Å². The molecule has 0 saturated carbocycles. The summed E-state index contributed by atoms with van der Waals surface area (Å²) in [7, 11) is 0. The molecule has 5 heterocycles. The second kappa shape index (κ2) is 9.93. The van der Waals surface area contributed by atoms with Crippen LogP contribution in [0, 0.1) is 0 Å². The highest BCUT2D eigenvalue weighted by molar-refractivity contribution is 6.11. The quantitative estimate of drug-likeness (QED) is 0.338. The predicted octanol–water partition coefficient (Wildman–Crippen LogP) is 4.93. The van der Waals surface area contributed by atoms with Gasteiger partial charge in [-0.1, -0.05) is 6.07 Å². The number of aromatic nitrogens is 4. The Kier molecular flexibility index (Phi) is 6.56. The van der Waals surface area contributed by atoms with Crippen LogP contribution < -0.4 is 10.2 Å². The van der Waals surface area contributed by atoms with Crippen LogP contribution >= 0.6 is 0 Å². The predicted molar refractivity (Wildman–Crippen MR) is 150 cm³/mol. The first-order chi connectivity index (χ1) is 20.2. The number of alkyl halides is 3. The third-order valence-electron chi connectivity index (χ3n) is 7.33. The van der Waals surface area contributed by atoms with Crippen molar-refractivity contribution in [3.63, 3.8) is 0 Å². The number of hydrogen-bond acceptors (Lipinski definition) is 9. The molecule has 2 aliphatic heterocycles. The van der Waals surface area contributed by atoms with Crippen LogP contribution in [0.15, 0.2) is 55.2 Å². The molecule has 0 aliphatic carbocycles. The largest absolute Gasteiger partial charge is 0.443 e. The van der Waals surface area contributed by atoms with Crippen molar-refractivity contribution >= 4 is 34.8 Å². The molecule has 2 aliphatic rings. The minimum atomic E-state index is -3.84. The molecule has 1 atom stereocenters. The number of β-amino-alcohol motifs (C(OH)–C–C–N with tert-alkyl or cyclic N) is 1. The molecule has 1 aromatic carbocycles. The number of imide groups is 1. The van der Waals surface area contributed by atoms with Crippen LogP contribution in [-0.2, 0) is 11.3 Å². The standard InChI is InChI=1S/C29H28F3N7O4/c1-27(2,3)43-26(41)39-15-19-18(21-13-35-23-14-33-9-11-38(21)23)5-6-20(24(19)25(39)40)36-22-7-4-17(12-34-22)37-10-8-28(30,31)29(32,42)16-37/h4-7,9,11-14,42H,8,10,15-16H2,1-3H3,(H,34,36)/t29-/m0/s1. The van der Waals surface area contributed by atoms with Gasteiger partial charge in [-0.2, -0.15) is 0 Å². The summed E-state index contributed by atoms with van der Waals surface area (Å²) in [6.45, 7) is 4.02. The number of carbonyl (C=O) groups is 2. The molecule has 3 aromatic heterocycles. The lowest BCUT2D eigenvalue weighted by Crippen LogP contribution is -2.58. The van der Waals surface area contributed by atoms with Gasteiger partial charge in [0.15, 0.2) is 5.65 Å². The van der Waals surface area contributed by atoms with Crippen molar-refractivity contribution in [3.8, 4) is 11.3 Å². The molecule has 2 amide bonds. The van der Waals surface area contributed by atoms with Gasteiger partial charge < -0.3 is 20.1 Å². The Morgan fingerprint density at radius 1 is 1.09 bits per heavy atom. The Morgan fingerprint density at radius 3 is 2.58 bits per heavy atom. The van der Waals surface area contributed by atoms with E-state index in [0.717, 1.165) is 4.90 Å². The van der Waals surface area contributed by atoms with E-state index in [1.807, 2.05) is 4.40 Å². The molecular weight excluding hydrogens is 567 g/mol. The van der Waals surface area contributed by atoms with Crippen LogP contribution in [0.3, 0.4) is 0 Å². The first kappa shape index (κ1) is 28.4. The number of piperidine rings is 1. The number of fused-ring (bicyclic) bond motifs is 2. The van der Waals surface area contributed by atoms with Gasteiger partial charge in [0.2, 0.25) is 0 Å². The van der Waals surface area contributed by atoms with Crippen molar-refractivity contribution in [2.24, 2.45) is 0 Å². The second-order valence-electron chi connectivity index (χ2n) is 11.5. The number of rotatable bonds is 4. The van der Waals surface area contributed by atoms with Gasteiger partial charge in [0, 0.05) is 30.9 Å². The van der Waals surface area contributed by atoms with E-state index in [1.165, 1.54) is 11.1 Å². The number of imidazole rings is 1. The molecule has 14 heteroatoms. The lowest BCUT2D eigenvalue weighted by molar-refractivity contribution is -0.256. The maximum absolute atomic E-state index is 14.2. The van der Waals surface area contributed by atoms with E-state index >= 15 is 0 Å². The average molecular weight is 596 g/mol. The second-order valence-corrected chi connectivity index (χ2v) is 11.5. The zero-order chi connectivity index (χ0) is 30.7. The molecule has 6 rings (SSSR count). The molecule has 224 valence electrons. The summed E-state index contributed by atoms with van der Waals surface area (Å²) in [4.78, 5) is 41.9. The number of carbonyl (C=O) groups excluding carboxylic acids is 2. The lowest BCUT2D eigenvalue weighted by atomic mass is 9.99. The van der Waals surface area contributed by atoms with E-state index in [2.05, 4.69) is 20.3 Å². The van der Waals surface area contributed by atoms with Gasteiger partial charge in [-0.05, 0) is 44.5 Å². The Labute approximate surface area is 243 Å². The Morgan fingerprint density at radius 2 is 1.88 bits per heavy atom. The first-order valence-corrected chi connectivity index (χ1v) is 13.5. The van der Waals surface area contributed by atoms with Crippen LogP contribution in [0.25, 0.3) is 16.9 Å². The summed E-state index contributed by atoms with van der Waals surface area (Å²) in [6, 6.07) is 6.59. The molecule has 0 unspecified atom stereocenters.